The number of halogens is 2. The highest BCUT2D eigenvalue weighted by Gasteiger charge is 2.26. The Bertz CT molecular complexity index is 420. The molecule has 0 fully saturated rings. The van der Waals surface area contributed by atoms with E-state index < -0.39 is 39.4 Å². The summed E-state index contributed by atoms with van der Waals surface area (Å²) in [5, 5.41) is 35.7. The van der Waals surface area contributed by atoms with Gasteiger partial charge in [0.2, 0.25) is 0 Å². The van der Waals surface area contributed by atoms with Crippen molar-refractivity contribution < 1.29 is 29.6 Å². The summed E-state index contributed by atoms with van der Waals surface area (Å²) in [5.74, 6) is -4.28. The summed E-state index contributed by atoms with van der Waals surface area (Å²) < 4.78 is 12.8. The zero-order valence-corrected chi connectivity index (χ0v) is 8.69. The van der Waals surface area contributed by atoms with Gasteiger partial charge in [-0.05, 0) is 15.9 Å². The molecule has 1 atom stereocenters. The zero-order valence-electron chi connectivity index (χ0n) is 7.11. The monoisotopic (exact) mass is 280 g/mol. The Labute approximate surface area is 91.5 Å². The van der Waals surface area contributed by atoms with Crippen molar-refractivity contribution in [2.45, 2.75) is 6.10 Å². The molecule has 0 aromatic heterocycles. The molecule has 1 aromatic carbocycles. The van der Waals surface area contributed by atoms with Gasteiger partial charge in [0.05, 0.1) is 4.47 Å². The second kappa shape index (κ2) is 4.03. The van der Waals surface area contributed by atoms with Gasteiger partial charge in [0.15, 0.2) is 17.6 Å². The van der Waals surface area contributed by atoms with Crippen LogP contribution < -0.4 is 0 Å². The average molecular weight is 281 g/mol. The van der Waals surface area contributed by atoms with Crippen LogP contribution >= 0.6 is 15.9 Å². The molecule has 82 valence electrons. The van der Waals surface area contributed by atoms with E-state index in [2.05, 4.69) is 15.9 Å². The minimum Gasteiger partial charge on any atom is -0.504 e. The molecule has 7 heteroatoms. The van der Waals surface area contributed by atoms with Crippen molar-refractivity contribution in [2.75, 3.05) is 0 Å². The predicted octanol–water partition coefficient (Wildman–Crippen LogP) is 1.12. The van der Waals surface area contributed by atoms with E-state index >= 15 is 0 Å². The summed E-state index contributed by atoms with van der Waals surface area (Å²) in [5.41, 5.74) is -0.641. The van der Waals surface area contributed by atoms with E-state index in [1.54, 1.807) is 0 Å². The van der Waals surface area contributed by atoms with Crippen molar-refractivity contribution in [1.82, 2.24) is 0 Å². The van der Waals surface area contributed by atoms with E-state index in [-0.39, 0.29) is 0 Å². The highest BCUT2D eigenvalue weighted by molar-refractivity contribution is 9.10. The topological polar surface area (TPSA) is 98.0 Å². The number of phenolic OH excluding ortho intramolecular Hbond substituents is 2. The molecule has 15 heavy (non-hydrogen) atoms. The smallest absolute Gasteiger partial charge is 0.337 e. The van der Waals surface area contributed by atoms with Crippen LogP contribution in [0.5, 0.6) is 11.5 Å². The lowest BCUT2D eigenvalue weighted by molar-refractivity contribution is -0.147. The van der Waals surface area contributed by atoms with E-state index in [1.165, 1.54) is 0 Å². The van der Waals surface area contributed by atoms with Gasteiger partial charge < -0.3 is 20.4 Å². The van der Waals surface area contributed by atoms with Crippen LogP contribution in [0.3, 0.4) is 0 Å². The van der Waals surface area contributed by atoms with E-state index in [0.717, 1.165) is 0 Å². The van der Waals surface area contributed by atoms with Gasteiger partial charge in [-0.1, -0.05) is 0 Å². The molecule has 5 nitrogen and oxygen atoms in total. The summed E-state index contributed by atoms with van der Waals surface area (Å²) in [7, 11) is 0. The number of carboxylic acids is 1. The Morgan fingerprint density at radius 3 is 2.47 bits per heavy atom. The maximum absolute atomic E-state index is 13.2. The Morgan fingerprint density at radius 1 is 1.47 bits per heavy atom. The lowest BCUT2D eigenvalue weighted by Gasteiger charge is -2.11. The van der Waals surface area contributed by atoms with Crippen LogP contribution in [0.4, 0.5) is 4.39 Å². The van der Waals surface area contributed by atoms with Crippen LogP contribution in [0.15, 0.2) is 10.5 Å². The van der Waals surface area contributed by atoms with E-state index in [9.17, 15) is 14.3 Å². The van der Waals surface area contributed by atoms with Crippen molar-refractivity contribution in [3.05, 3.63) is 21.9 Å². The van der Waals surface area contributed by atoms with Crippen LogP contribution in [0, 0.1) is 5.82 Å². The molecule has 0 aliphatic heterocycles. The lowest BCUT2D eigenvalue weighted by atomic mass is 10.1. The largest absolute Gasteiger partial charge is 0.504 e. The second-order valence-electron chi connectivity index (χ2n) is 2.69. The van der Waals surface area contributed by atoms with Crippen LogP contribution in [-0.4, -0.2) is 26.4 Å². The minimum atomic E-state index is -2.12. The fraction of sp³-hybridized carbons (Fsp3) is 0.125. The molecule has 0 spiro atoms. The van der Waals surface area contributed by atoms with Crippen molar-refractivity contribution in [3.63, 3.8) is 0 Å². The first-order valence-electron chi connectivity index (χ1n) is 3.67. The van der Waals surface area contributed by atoms with Gasteiger partial charge in [-0.3, -0.25) is 0 Å². The molecule has 0 aliphatic rings. The maximum Gasteiger partial charge on any atom is 0.337 e. The molecule has 0 amide bonds. The maximum atomic E-state index is 13.2. The molecule has 0 radical (unpaired) electrons. The summed E-state index contributed by atoms with van der Waals surface area (Å²) >= 11 is 2.68. The normalized spacial score (nSPS) is 12.5. The summed E-state index contributed by atoms with van der Waals surface area (Å²) in [4.78, 5) is 10.4. The molecular formula is C8H6BrFO5. The average Bonchev–Trinajstić information content (AvgIpc) is 2.14. The van der Waals surface area contributed by atoms with Crippen molar-refractivity contribution >= 4 is 21.9 Å². The summed E-state index contributed by atoms with van der Waals surface area (Å²) in [6, 6.07) is 0.515. The van der Waals surface area contributed by atoms with Gasteiger partial charge in [0, 0.05) is 11.6 Å². The van der Waals surface area contributed by atoms with Crippen LogP contribution in [0.1, 0.15) is 11.7 Å². The van der Waals surface area contributed by atoms with Gasteiger partial charge in [-0.2, -0.15) is 0 Å². The number of hydrogen-bond donors (Lipinski definition) is 4. The number of aromatic hydroxyl groups is 2. The molecule has 0 saturated carbocycles. The Hall–Kier alpha value is -1.34. The molecule has 1 unspecified atom stereocenters. The van der Waals surface area contributed by atoms with Gasteiger partial charge in [0.1, 0.15) is 5.82 Å². The molecule has 0 bridgehead atoms. The van der Waals surface area contributed by atoms with Crippen molar-refractivity contribution in [1.29, 1.82) is 0 Å². The Balaban J connectivity index is 3.42. The molecule has 0 saturated heterocycles. The molecular weight excluding hydrogens is 275 g/mol. The number of carboxylic acid groups (broad SMARTS) is 1. The highest BCUT2D eigenvalue weighted by atomic mass is 79.9. The molecule has 1 aromatic rings. The Kier molecular flexibility index (Phi) is 3.15. The van der Waals surface area contributed by atoms with E-state index in [0.29, 0.717) is 6.07 Å². The first-order chi connectivity index (χ1) is 6.86. The SMILES string of the molecule is O=C(O)C(O)c1c(F)cc(O)c(O)c1Br. The first kappa shape index (κ1) is 11.7. The van der Waals surface area contributed by atoms with Crippen molar-refractivity contribution in [3.8, 4) is 11.5 Å². The van der Waals surface area contributed by atoms with Gasteiger partial charge in [-0.25, -0.2) is 9.18 Å². The molecule has 4 N–H and O–H groups in total. The first-order valence-corrected chi connectivity index (χ1v) is 4.46. The zero-order chi connectivity index (χ0) is 11.7. The number of benzene rings is 1. The van der Waals surface area contributed by atoms with Crippen LogP contribution in [0.2, 0.25) is 0 Å². The number of carbonyl (C=O) groups is 1. The Morgan fingerprint density at radius 2 is 2.00 bits per heavy atom. The van der Waals surface area contributed by atoms with E-state index in [4.69, 9.17) is 15.3 Å². The third-order valence-electron chi connectivity index (χ3n) is 1.72. The quantitative estimate of drug-likeness (QED) is 0.609. The molecule has 0 heterocycles. The number of rotatable bonds is 2. The van der Waals surface area contributed by atoms with Gasteiger partial charge in [-0.15, -0.1) is 0 Å². The van der Waals surface area contributed by atoms with Crippen LogP contribution in [-0.2, 0) is 4.79 Å². The number of aliphatic carboxylic acids is 1. The number of aliphatic hydroxyl groups is 1. The summed E-state index contributed by atoms with van der Waals surface area (Å²) in [6.45, 7) is 0. The van der Waals surface area contributed by atoms with Gasteiger partial charge >= 0.3 is 5.97 Å². The second-order valence-corrected chi connectivity index (χ2v) is 3.49. The number of hydrogen-bond acceptors (Lipinski definition) is 4. The fourth-order valence-electron chi connectivity index (χ4n) is 0.985. The molecule has 1 rings (SSSR count). The lowest BCUT2D eigenvalue weighted by Crippen LogP contribution is -2.13. The van der Waals surface area contributed by atoms with Gasteiger partial charge in [0.25, 0.3) is 0 Å². The predicted molar refractivity (Wildman–Crippen MR) is 50.0 cm³/mol. The fourth-order valence-corrected chi connectivity index (χ4v) is 1.59. The number of phenols is 2. The third-order valence-corrected chi connectivity index (χ3v) is 2.52. The van der Waals surface area contributed by atoms with Crippen molar-refractivity contribution in [2.24, 2.45) is 0 Å². The standard InChI is InChI=1S/C8H6BrFO5/c9-5-4(7(13)8(14)15)2(10)1-3(11)6(5)12/h1,7,11-13H,(H,14,15). The number of aliphatic hydroxyl groups excluding tert-OH is 1. The third kappa shape index (κ3) is 2.02. The summed E-state index contributed by atoms with van der Waals surface area (Å²) in [6.07, 6.45) is -2.12. The minimum absolute atomic E-state index is 0.394. The van der Waals surface area contributed by atoms with E-state index in [1.807, 2.05) is 0 Å². The highest BCUT2D eigenvalue weighted by Crippen LogP contribution is 2.40. The molecule has 0 aliphatic carbocycles. The van der Waals surface area contributed by atoms with Crippen LogP contribution in [0.25, 0.3) is 0 Å².